The van der Waals surface area contributed by atoms with E-state index in [0.29, 0.717) is 38.9 Å². The lowest BCUT2D eigenvalue weighted by atomic mass is 10.1. The zero-order valence-electron chi connectivity index (χ0n) is 17.3. The second-order valence-corrected chi connectivity index (χ2v) is 10.3. The Labute approximate surface area is 210 Å². The Morgan fingerprint density at radius 1 is 1.31 bits per heavy atom. The maximum atomic E-state index is 12.9. The molecule has 0 aromatic heterocycles. The number of rotatable bonds is 7. The number of nitrogens with zero attached hydrogens (tertiary/aromatic N) is 1. The van der Waals surface area contributed by atoms with E-state index in [9.17, 15) is 4.79 Å². The maximum absolute atomic E-state index is 12.9. The third-order valence-electron chi connectivity index (χ3n) is 5.16. The van der Waals surface area contributed by atoms with Crippen LogP contribution in [-0.2, 0) is 16.1 Å². The fraction of sp³-hybridized carbons (Fsp3) is 0.304. The number of hydrogen-bond donors (Lipinski definition) is 0. The van der Waals surface area contributed by atoms with E-state index in [1.807, 2.05) is 42.5 Å². The monoisotopic (exact) mass is 553 g/mol. The molecular formula is C23H21BrClNO4S2. The zero-order valence-corrected chi connectivity index (χ0v) is 21.3. The second kappa shape index (κ2) is 10.6. The molecular weight excluding hydrogens is 534 g/mol. The third-order valence-corrected chi connectivity index (χ3v) is 7.48. The summed E-state index contributed by atoms with van der Waals surface area (Å²) < 4.78 is 18.5. The van der Waals surface area contributed by atoms with Crippen LogP contribution >= 0.6 is 51.5 Å². The van der Waals surface area contributed by atoms with Crippen molar-refractivity contribution in [1.82, 2.24) is 4.90 Å². The van der Waals surface area contributed by atoms with Crippen molar-refractivity contribution < 1.29 is 19.0 Å². The van der Waals surface area contributed by atoms with Gasteiger partial charge in [0, 0.05) is 16.1 Å². The van der Waals surface area contributed by atoms with Crippen LogP contribution in [0.2, 0.25) is 5.02 Å². The van der Waals surface area contributed by atoms with Gasteiger partial charge in [-0.15, -0.1) is 0 Å². The van der Waals surface area contributed by atoms with E-state index < -0.39 is 0 Å². The number of benzene rings is 2. The molecule has 2 aromatic carbocycles. The molecule has 0 spiro atoms. The van der Waals surface area contributed by atoms with Crippen LogP contribution in [0.5, 0.6) is 11.5 Å². The molecule has 2 fully saturated rings. The molecule has 2 aliphatic rings. The first-order valence-electron chi connectivity index (χ1n) is 10.1. The minimum atomic E-state index is -0.0931. The van der Waals surface area contributed by atoms with E-state index in [-0.39, 0.29) is 12.0 Å². The van der Waals surface area contributed by atoms with Gasteiger partial charge in [-0.25, -0.2) is 0 Å². The Kier molecular flexibility index (Phi) is 7.78. The predicted molar refractivity (Wildman–Crippen MR) is 135 cm³/mol. The highest BCUT2D eigenvalue weighted by Gasteiger charge is 2.34. The quantitative estimate of drug-likeness (QED) is 0.306. The summed E-state index contributed by atoms with van der Waals surface area (Å²) in [6.07, 6.45) is 3.86. The van der Waals surface area contributed by atoms with E-state index >= 15 is 0 Å². The summed E-state index contributed by atoms with van der Waals surface area (Å²) in [5, 5.41) is 0.680. The van der Waals surface area contributed by atoms with Crippen molar-refractivity contribution >= 4 is 67.8 Å². The molecule has 2 heterocycles. The van der Waals surface area contributed by atoms with Crippen molar-refractivity contribution in [3.05, 3.63) is 61.9 Å². The lowest BCUT2D eigenvalue weighted by Gasteiger charge is -2.18. The maximum Gasteiger partial charge on any atom is 0.266 e. The molecule has 32 heavy (non-hydrogen) atoms. The van der Waals surface area contributed by atoms with E-state index in [1.165, 1.54) is 11.8 Å². The van der Waals surface area contributed by atoms with Gasteiger partial charge < -0.3 is 14.2 Å². The Bertz CT molecular complexity index is 1050. The van der Waals surface area contributed by atoms with Gasteiger partial charge in [-0.1, -0.05) is 63.6 Å². The highest BCUT2D eigenvalue weighted by molar-refractivity contribution is 9.10. The number of amides is 1. The largest absolute Gasteiger partial charge is 0.493 e. The summed E-state index contributed by atoms with van der Waals surface area (Å²) in [6.45, 7) is 1.62. The third kappa shape index (κ3) is 5.48. The van der Waals surface area contributed by atoms with E-state index in [1.54, 1.807) is 12.0 Å². The SMILES string of the molecule is COc1cc(/C=C2\SC(=S)N(C[C@@H]3CCCO3)C2=O)c(Br)cc1OCc1ccc(Cl)cc1. The Morgan fingerprint density at radius 2 is 2.09 bits per heavy atom. The smallest absolute Gasteiger partial charge is 0.266 e. The van der Waals surface area contributed by atoms with E-state index in [0.717, 1.165) is 35.0 Å². The minimum absolute atomic E-state index is 0.0563. The van der Waals surface area contributed by atoms with Crippen LogP contribution in [0.3, 0.4) is 0 Å². The van der Waals surface area contributed by atoms with Gasteiger partial charge in [0.2, 0.25) is 0 Å². The fourth-order valence-corrected chi connectivity index (χ4v) is 5.29. The molecule has 0 bridgehead atoms. The average Bonchev–Trinajstić information content (AvgIpc) is 3.39. The number of carbonyl (C=O) groups excluding carboxylic acids is 1. The summed E-state index contributed by atoms with van der Waals surface area (Å²) in [5.41, 5.74) is 1.80. The number of methoxy groups -OCH3 is 1. The number of thiocarbonyl (C=S) groups is 1. The first kappa shape index (κ1) is 23.6. The summed E-state index contributed by atoms with van der Waals surface area (Å²) in [4.78, 5) is 15.1. The van der Waals surface area contributed by atoms with Crippen LogP contribution in [0.4, 0.5) is 0 Å². The average molecular weight is 555 g/mol. The molecule has 2 aromatic rings. The summed E-state index contributed by atoms with van der Waals surface area (Å²) in [7, 11) is 1.59. The number of carbonyl (C=O) groups is 1. The van der Waals surface area contributed by atoms with Gasteiger partial charge in [0.15, 0.2) is 11.5 Å². The number of ether oxygens (including phenoxy) is 3. The van der Waals surface area contributed by atoms with Gasteiger partial charge in [-0.3, -0.25) is 9.69 Å². The van der Waals surface area contributed by atoms with E-state index in [4.69, 9.17) is 38.0 Å². The lowest BCUT2D eigenvalue weighted by molar-refractivity contribution is -0.123. The number of thioether (sulfide) groups is 1. The molecule has 0 aliphatic carbocycles. The van der Waals surface area contributed by atoms with E-state index in [2.05, 4.69) is 15.9 Å². The Hall–Kier alpha value is -1.58. The van der Waals surface area contributed by atoms with Crippen molar-refractivity contribution in [2.75, 3.05) is 20.3 Å². The molecule has 5 nitrogen and oxygen atoms in total. The Morgan fingerprint density at radius 3 is 2.78 bits per heavy atom. The molecule has 0 N–H and O–H groups in total. The fourth-order valence-electron chi connectivity index (χ4n) is 3.47. The standard InChI is InChI=1S/C23H21BrClNO4S2/c1-28-19-9-15(18(24)11-20(19)30-13-14-4-6-16(25)7-5-14)10-21-22(27)26(23(31)32-21)12-17-3-2-8-29-17/h4-7,9-11,17H,2-3,8,12-13H2,1H3/b21-10-/t17-/m0/s1. The van der Waals surface area contributed by atoms with Gasteiger partial charge in [0.1, 0.15) is 10.9 Å². The van der Waals surface area contributed by atoms with Gasteiger partial charge in [-0.05, 0) is 54.3 Å². The molecule has 9 heteroatoms. The first-order chi connectivity index (χ1) is 15.4. The van der Waals surface area contributed by atoms with Crippen molar-refractivity contribution in [1.29, 1.82) is 0 Å². The van der Waals surface area contributed by atoms with Crippen LogP contribution in [0, 0.1) is 0 Å². The van der Waals surface area contributed by atoms with Crippen molar-refractivity contribution in [3.8, 4) is 11.5 Å². The lowest BCUT2D eigenvalue weighted by Crippen LogP contribution is -2.35. The molecule has 2 saturated heterocycles. The number of halogens is 2. The highest BCUT2D eigenvalue weighted by Crippen LogP contribution is 2.38. The normalized spacial score (nSPS) is 19.8. The molecule has 0 unspecified atom stereocenters. The Balaban J connectivity index is 1.50. The van der Waals surface area contributed by atoms with Gasteiger partial charge >= 0.3 is 0 Å². The molecule has 1 amide bonds. The molecule has 4 rings (SSSR count). The van der Waals surface area contributed by atoms with Crippen LogP contribution in [0.1, 0.15) is 24.0 Å². The first-order valence-corrected chi connectivity index (χ1v) is 12.5. The topological polar surface area (TPSA) is 48.0 Å². The highest BCUT2D eigenvalue weighted by atomic mass is 79.9. The number of hydrogen-bond acceptors (Lipinski definition) is 6. The van der Waals surface area contributed by atoms with Gasteiger partial charge in [0.25, 0.3) is 5.91 Å². The van der Waals surface area contributed by atoms with Crippen molar-refractivity contribution in [3.63, 3.8) is 0 Å². The zero-order chi connectivity index (χ0) is 22.7. The molecule has 0 radical (unpaired) electrons. The second-order valence-electron chi connectivity index (χ2n) is 7.37. The molecule has 2 aliphatic heterocycles. The molecule has 0 saturated carbocycles. The summed E-state index contributed by atoms with van der Waals surface area (Å²) >= 11 is 16.3. The van der Waals surface area contributed by atoms with Crippen molar-refractivity contribution in [2.45, 2.75) is 25.6 Å². The molecule has 1 atom stereocenters. The van der Waals surface area contributed by atoms with Crippen LogP contribution < -0.4 is 9.47 Å². The van der Waals surface area contributed by atoms with Crippen molar-refractivity contribution in [2.24, 2.45) is 0 Å². The van der Waals surface area contributed by atoms with Gasteiger partial charge in [-0.2, -0.15) is 0 Å². The molecule has 168 valence electrons. The van der Waals surface area contributed by atoms with Crippen LogP contribution in [0.15, 0.2) is 45.8 Å². The predicted octanol–water partition coefficient (Wildman–Crippen LogP) is 6.07. The minimum Gasteiger partial charge on any atom is -0.493 e. The van der Waals surface area contributed by atoms with Crippen LogP contribution in [0.25, 0.3) is 6.08 Å². The van der Waals surface area contributed by atoms with Gasteiger partial charge in [0.05, 0.1) is 24.7 Å². The summed E-state index contributed by atoms with van der Waals surface area (Å²) in [5.74, 6) is 1.07. The summed E-state index contributed by atoms with van der Waals surface area (Å²) in [6, 6.07) is 11.2. The van der Waals surface area contributed by atoms with Crippen LogP contribution in [-0.4, -0.2) is 41.5 Å².